The molecule has 1 aliphatic rings. The van der Waals surface area contributed by atoms with Crippen LogP contribution in [0, 0.1) is 18.8 Å². The summed E-state index contributed by atoms with van der Waals surface area (Å²) in [5.74, 6) is -0.226. The molecule has 0 bridgehead atoms. The number of aldehydes is 1. The molecule has 29 heavy (non-hydrogen) atoms. The van der Waals surface area contributed by atoms with E-state index in [9.17, 15) is 19.8 Å². The van der Waals surface area contributed by atoms with Crippen molar-refractivity contribution in [1.29, 1.82) is 0 Å². The van der Waals surface area contributed by atoms with Gasteiger partial charge in [0, 0.05) is 23.3 Å². The van der Waals surface area contributed by atoms with Crippen LogP contribution in [0.3, 0.4) is 0 Å². The maximum atomic E-state index is 11.5. The Balaban J connectivity index is 1.79. The van der Waals surface area contributed by atoms with Gasteiger partial charge in [0.1, 0.15) is 6.29 Å². The minimum absolute atomic E-state index is 0.0307. The van der Waals surface area contributed by atoms with E-state index in [0.717, 1.165) is 37.5 Å². The average molecular weight is 423 g/mol. The Hall–Kier alpha value is -1.37. The first kappa shape index (κ1) is 23.9. The molecule has 0 spiro atoms. The molecule has 1 aliphatic carbocycles. The predicted octanol–water partition coefficient (Wildman–Crippen LogP) is 3.62. The van der Waals surface area contributed by atoms with Gasteiger partial charge in [-0.1, -0.05) is 49.1 Å². The fourth-order valence-corrected chi connectivity index (χ4v) is 5.65. The lowest BCUT2D eigenvalue weighted by atomic mass is 9.91. The van der Waals surface area contributed by atoms with Crippen LogP contribution < -0.4 is 0 Å². The summed E-state index contributed by atoms with van der Waals surface area (Å²) >= 11 is 1.59. The normalized spacial score (nSPS) is 25.1. The number of benzene rings is 1. The first-order valence-electron chi connectivity index (χ1n) is 10.6. The molecule has 0 saturated heterocycles. The largest absolute Gasteiger partial charge is 0.481 e. The highest BCUT2D eigenvalue weighted by molar-refractivity contribution is 8.00. The summed E-state index contributed by atoms with van der Waals surface area (Å²) in [5, 5.41) is 29.6. The van der Waals surface area contributed by atoms with Crippen LogP contribution in [-0.4, -0.2) is 50.8 Å². The third-order valence-electron chi connectivity index (χ3n) is 5.79. The van der Waals surface area contributed by atoms with E-state index in [0.29, 0.717) is 25.0 Å². The van der Waals surface area contributed by atoms with Crippen molar-refractivity contribution in [2.75, 3.05) is 5.75 Å². The molecule has 3 unspecified atom stereocenters. The lowest BCUT2D eigenvalue weighted by Gasteiger charge is -2.24. The zero-order chi connectivity index (χ0) is 21.2. The van der Waals surface area contributed by atoms with Gasteiger partial charge in [0.2, 0.25) is 0 Å². The van der Waals surface area contributed by atoms with Gasteiger partial charge in [-0.05, 0) is 44.1 Å². The standard InChI is InChI=1S/C23H34O5S/c1-16-8-10-17(11-9-16)12-19(25)15-29-23-20(18(14-24)13-21(23)26)6-4-2-3-5-7-22(27)28/h8-11,14,18-21,23,25-26H,2-7,12-13,15H2,1H3,(H,27,28)/t18?,19?,20-,21?,23+/m0/s1. The summed E-state index contributed by atoms with van der Waals surface area (Å²) in [6.07, 6.45) is 5.56. The number of carboxylic acid groups (broad SMARTS) is 1. The highest BCUT2D eigenvalue weighted by Crippen LogP contribution is 2.42. The summed E-state index contributed by atoms with van der Waals surface area (Å²) in [7, 11) is 0. The minimum Gasteiger partial charge on any atom is -0.481 e. The third kappa shape index (κ3) is 8.11. The van der Waals surface area contributed by atoms with E-state index in [-0.39, 0.29) is 23.5 Å². The molecule has 162 valence electrons. The van der Waals surface area contributed by atoms with Crippen molar-refractivity contribution in [3.63, 3.8) is 0 Å². The second-order valence-corrected chi connectivity index (χ2v) is 9.47. The minimum atomic E-state index is -0.759. The summed E-state index contributed by atoms with van der Waals surface area (Å²) in [6.45, 7) is 2.04. The van der Waals surface area contributed by atoms with E-state index < -0.39 is 18.2 Å². The van der Waals surface area contributed by atoms with E-state index in [4.69, 9.17) is 5.11 Å². The Morgan fingerprint density at radius 2 is 1.90 bits per heavy atom. The maximum Gasteiger partial charge on any atom is 0.303 e. The van der Waals surface area contributed by atoms with Crippen molar-refractivity contribution >= 4 is 24.0 Å². The number of aliphatic hydroxyl groups is 2. The number of aliphatic hydroxyl groups excluding tert-OH is 2. The lowest BCUT2D eigenvalue weighted by molar-refractivity contribution is -0.137. The van der Waals surface area contributed by atoms with Gasteiger partial charge in [-0.3, -0.25) is 4.79 Å². The number of hydrogen-bond acceptors (Lipinski definition) is 5. The van der Waals surface area contributed by atoms with Gasteiger partial charge in [-0.2, -0.15) is 11.8 Å². The molecule has 1 saturated carbocycles. The highest BCUT2D eigenvalue weighted by Gasteiger charge is 2.42. The molecule has 6 heteroatoms. The predicted molar refractivity (Wildman–Crippen MR) is 116 cm³/mol. The Kier molecular flexibility index (Phi) is 10.2. The molecule has 2 rings (SSSR count). The number of thioether (sulfide) groups is 1. The fraction of sp³-hybridized carbons (Fsp3) is 0.652. The van der Waals surface area contributed by atoms with Gasteiger partial charge < -0.3 is 20.1 Å². The van der Waals surface area contributed by atoms with Crippen molar-refractivity contribution in [2.24, 2.45) is 11.8 Å². The number of hydrogen-bond donors (Lipinski definition) is 3. The molecule has 5 atom stereocenters. The summed E-state index contributed by atoms with van der Waals surface area (Å²) in [5.41, 5.74) is 2.29. The van der Waals surface area contributed by atoms with Gasteiger partial charge in [-0.15, -0.1) is 0 Å². The number of carboxylic acids is 1. The van der Waals surface area contributed by atoms with Gasteiger partial charge in [0.25, 0.3) is 0 Å². The van der Waals surface area contributed by atoms with Crippen molar-refractivity contribution in [3.05, 3.63) is 35.4 Å². The van der Waals surface area contributed by atoms with Crippen LogP contribution in [0.15, 0.2) is 24.3 Å². The summed E-state index contributed by atoms with van der Waals surface area (Å²) < 4.78 is 0. The second-order valence-electron chi connectivity index (χ2n) is 8.25. The topological polar surface area (TPSA) is 94.8 Å². The monoisotopic (exact) mass is 422 g/mol. The molecular formula is C23H34O5S. The van der Waals surface area contributed by atoms with Gasteiger partial charge in [0.15, 0.2) is 0 Å². The van der Waals surface area contributed by atoms with Crippen LogP contribution in [0.2, 0.25) is 0 Å². The second kappa shape index (κ2) is 12.4. The van der Waals surface area contributed by atoms with Crippen LogP contribution in [0.1, 0.15) is 56.1 Å². The van der Waals surface area contributed by atoms with Crippen LogP contribution in [0.25, 0.3) is 0 Å². The number of aryl methyl sites for hydroxylation is 1. The molecule has 0 radical (unpaired) electrons. The third-order valence-corrected chi connectivity index (χ3v) is 7.42. The molecule has 0 heterocycles. The van der Waals surface area contributed by atoms with E-state index in [1.807, 2.05) is 31.2 Å². The van der Waals surface area contributed by atoms with Gasteiger partial charge in [-0.25, -0.2) is 0 Å². The molecule has 1 aromatic carbocycles. The van der Waals surface area contributed by atoms with Crippen LogP contribution in [-0.2, 0) is 16.0 Å². The van der Waals surface area contributed by atoms with E-state index in [1.54, 1.807) is 11.8 Å². The lowest BCUT2D eigenvalue weighted by Crippen LogP contribution is -2.26. The Bertz CT molecular complexity index is 633. The number of unbranched alkanes of at least 4 members (excludes halogenated alkanes) is 3. The van der Waals surface area contributed by atoms with Crippen molar-refractivity contribution in [1.82, 2.24) is 0 Å². The van der Waals surface area contributed by atoms with E-state index in [1.165, 1.54) is 5.56 Å². The van der Waals surface area contributed by atoms with E-state index >= 15 is 0 Å². The first-order chi connectivity index (χ1) is 13.9. The smallest absolute Gasteiger partial charge is 0.303 e. The SMILES string of the molecule is Cc1ccc(CC(O)CS[C@H]2C(O)CC(C=O)[C@@H]2CCCCCCC(=O)O)cc1. The Morgan fingerprint density at radius 3 is 2.55 bits per heavy atom. The van der Waals surface area contributed by atoms with Crippen LogP contribution in [0.4, 0.5) is 0 Å². The van der Waals surface area contributed by atoms with Crippen molar-refractivity contribution in [3.8, 4) is 0 Å². The van der Waals surface area contributed by atoms with Crippen molar-refractivity contribution < 1.29 is 24.9 Å². The van der Waals surface area contributed by atoms with Crippen LogP contribution >= 0.6 is 11.8 Å². The first-order valence-corrected chi connectivity index (χ1v) is 11.7. The van der Waals surface area contributed by atoms with Crippen LogP contribution in [0.5, 0.6) is 0 Å². The fourth-order valence-electron chi connectivity index (χ4n) is 4.17. The molecule has 3 N–H and O–H groups in total. The number of rotatable bonds is 13. The molecule has 1 aromatic rings. The van der Waals surface area contributed by atoms with Gasteiger partial charge >= 0.3 is 5.97 Å². The zero-order valence-electron chi connectivity index (χ0n) is 17.2. The Morgan fingerprint density at radius 1 is 1.21 bits per heavy atom. The maximum absolute atomic E-state index is 11.5. The molecule has 5 nitrogen and oxygen atoms in total. The number of carbonyl (C=O) groups excluding carboxylic acids is 1. The van der Waals surface area contributed by atoms with Gasteiger partial charge in [0.05, 0.1) is 12.2 Å². The van der Waals surface area contributed by atoms with Crippen molar-refractivity contribution in [2.45, 2.75) is 75.7 Å². The highest BCUT2D eigenvalue weighted by atomic mass is 32.2. The zero-order valence-corrected chi connectivity index (χ0v) is 18.0. The summed E-state index contributed by atoms with van der Waals surface area (Å²) in [6, 6.07) is 8.14. The molecule has 0 aromatic heterocycles. The molecular weight excluding hydrogens is 388 g/mol. The molecule has 0 aliphatic heterocycles. The number of aliphatic carboxylic acids is 1. The Labute approximate surface area is 177 Å². The summed E-state index contributed by atoms with van der Waals surface area (Å²) in [4.78, 5) is 22.1. The number of carbonyl (C=O) groups is 2. The quantitative estimate of drug-likeness (QED) is 0.332. The molecule has 1 fully saturated rings. The average Bonchev–Trinajstić information content (AvgIpc) is 2.99. The molecule has 0 amide bonds. The van der Waals surface area contributed by atoms with E-state index in [2.05, 4.69) is 0 Å².